The molecule has 0 unspecified atom stereocenters. The molecule has 0 spiro atoms. The van der Waals surface area contributed by atoms with Crippen molar-refractivity contribution in [1.82, 2.24) is 0 Å². The quantitative estimate of drug-likeness (QED) is 0.793. The van der Waals surface area contributed by atoms with Crippen molar-refractivity contribution in [1.29, 1.82) is 0 Å². The molecular formula is C18H16F3NO2. The first-order chi connectivity index (χ1) is 11.3. The molecule has 0 heterocycles. The van der Waals surface area contributed by atoms with Crippen LogP contribution in [0.4, 0.5) is 24.5 Å². The van der Waals surface area contributed by atoms with Gasteiger partial charge >= 0.3 is 12.1 Å². The topological polar surface area (TPSA) is 49.3 Å². The van der Waals surface area contributed by atoms with Gasteiger partial charge in [0.2, 0.25) is 0 Å². The zero-order chi connectivity index (χ0) is 17.5. The summed E-state index contributed by atoms with van der Waals surface area (Å²) in [5, 5.41) is 12.2. The van der Waals surface area contributed by atoms with Crippen molar-refractivity contribution in [2.24, 2.45) is 0 Å². The maximum absolute atomic E-state index is 12.9. The summed E-state index contributed by atoms with van der Waals surface area (Å²) >= 11 is 0. The lowest BCUT2D eigenvalue weighted by atomic mass is 10.0. The van der Waals surface area contributed by atoms with Gasteiger partial charge in [0.05, 0.1) is 16.8 Å². The van der Waals surface area contributed by atoms with Gasteiger partial charge in [-0.05, 0) is 55.5 Å². The van der Waals surface area contributed by atoms with Crippen LogP contribution in [0.25, 0.3) is 0 Å². The van der Waals surface area contributed by atoms with Crippen molar-refractivity contribution < 1.29 is 23.1 Å². The molecule has 2 N–H and O–H groups in total. The minimum atomic E-state index is -4.53. The van der Waals surface area contributed by atoms with Crippen LogP contribution in [0.1, 0.15) is 45.8 Å². The Morgan fingerprint density at radius 3 is 2.42 bits per heavy atom. The maximum Gasteiger partial charge on any atom is 0.416 e. The summed E-state index contributed by atoms with van der Waals surface area (Å²) in [6.45, 7) is 1.95. The third kappa shape index (κ3) is 3.37. The Bertz CT molecular complexity index is 795. The zero-order valence-electron chi connectivity index (χ0n) is 12.9. The summed E-state index contributed by atoms with van der Waals surface area (Å²) in [6, 6.07) is 8.25. The van der Waals surface area contributed by atoms with Gasteiger partial charge in [-0.3, -0.25) is 0 Å². The number of benzene rings is 2. The summed E-state index contributed by atoms with van der Waals surface area (Å²) in [5.74, 6) is -0.891. The highest BCUT2D eigenvalue weighted by atomic mass is 19.4. The van der Waals surface area contributed by atoms with E-state index in [4.69, 9.17) is 0 Å². The molecular weight excluding hydrogens is 319 g/mol. The molecule has 0 atom stereocenters. The van der Waals surface area contributed by atoms with Gasteiger partial charge in [0.1, 0.15) is 0 Å². The van der Waals surface area contributed by atoms with Crippen LogP contribution in [-0.2, 0) is 6.18 Å². The van der Waals surface area contributed by atoms with Crippen LogP contribution in [-0.4, -0.2) is 11.1 Å². The monoisotopic (exact) mass is 335 g/mol. The second-order valence-electron chi connectivity index (χ2n) is 6.05. The summed E-state index contributed by atoms with van der Waals surface area (Å²) < 4.78 is 38.8. The molecule has 0 bridgehead atoms. The summed E-state index contributed by atoms with van der Waals surface area (Å²) in [4.78, 5) is 11.3. The van der Waals surface area contributed by atoms with Crippen molar-refractivity contribution in [3.63, 3.8) is 0 Å². The highest BCUT2D eigenvalue weighted by molar-refractivity contribution is 5.95. The molecule has 0 amide bonds. The van der Waals surface area contributed by atoms with E-state index in [9.17, 15) is 23.1 Å². The van der Waals surface area contributed by atoms with Gasteiger partial charge in [-0.2, -0.15) is 13.2 Å². The van der Waals surface area contributed by atoms with Gasteiger partial charge in [0.25, 0.3) is 0 Å². The highest BCUT2D eigenvalue weighted by Gasteiger charge is 2.32. The van der Waals surface area contributed by atoms with E-state index >= 15 is 0 Å². The summed E-state index contributed by atoms with van der Waals surface area (Å²) in [5.41, 5.74) is 1.61. The molecule has 1 saturated carbocycles. The third-order valence-electron chi connectivity index (χ3n) is 4.07. The fourth-order valence-corrected chi connectivity index (χ4v) is 2.68. The number of nitrogens with one attached hydrogen (secondary N) is 1. The molecule has 24 heavy (non-hydrogen) atoms. The normalized spacial score (nSPS) is 14.5. The Balaban J connectivity index is 2.04. The number of anilines is 2. The first-order valence-electron chi connectivity index (χ1n) is 7.58. The maximum atomic E-state index is 12.9. The van der Waals surface area contributed by atoms with Gasteiger partial charge in [0.15, 0.2) is 0 Å². The van der Waals surface area contributed by atoms with Crippen LogP contribution < -0.4 is 5.32 Å². The molecule has 1 aliphatic rings. The van der Waals surface area contributed by atoms with Crippen LogP contribution in [0, 0.1) is 6.92 Å². The van der Waals surface area contributed by atoms with Crippen LogP contribution in [0.3, 0.4) is 0 Å². The Kier molecular flexibility index (Phi) is 3.99. The first kappa shape index (κ1) is 16.4. The predicted molar refractivity (Wildman–Crippen MR) is 84.8 cm³/mol. The predicted octanol–water partition coefficient (Wildman–Crippen LogP) is 5.33. The number of carbonyl (C=O) groups is 1. The number of aryl methyl sites for hydroxylation is 1. The largest absolute Gasteiger partial charge is 0.478 e. The number of halogens is 3. The van der Waals surface area contributed by atoms with Crippen LogP contribution in [0.2, 0.25) is 0 Å². The minimum absolute atomic E-state index is 0.0527. The van der Waals surface area contributed by atoms with Gasteiger partial charge in [-0.25, -0.2) is 4.79 Å². The lowest BCUT2D eigenvalue weighted by Gasteiger charge is -2.16. The molecule has 0 radical (unpaired) electrons. The number of hydrogen-bond acceptors (Lipinski definition) is 2. The van der Waals surface area contributed by atoms with Gasteiger partial charge in [0, 0.05) is 5.69 Å². The summed E-state index contributed by atoms with van der Waals surface area (Å²) in [7, 11) is 0. The Morgan fingerprint density at radius 2 is 1.83 bits per heavy atom. The summed E-state index contributed by atoms with van der Waals surface area (Å²) in [6.07, 6.45) is -2.46. The smallest absolute Gasteiger partial charge is 0.416 e. The van der Waals surface area contributed by atoms with Crippen LogP contribution >= 0.6 is 0 Å². The number of carboxylic acids is 1. The van der Waals surface area contributed by atoms with Crippen molar-refractivity contribution in [2.75, 3.05) is 5.32 Å². The van der Waals surface area contributed by atoms with E-state index in [1.54, 1.807) is 6.07 Å². The van der Waals surface area contributed by atoms with Gasteiger partial charge in [-0.15, -0.1) is 0 Å². The fourth-order valence-electron chi connectivity index (χ4n) is 2.68. The molecule has 3 nitrogen and oxygen atoms in total. The molecule has 6 heteroatoms. The van der Waals surface area contributed by atoms with Gasteiger partial charge < -0.3 is 10.4 Å². The van der Waals surface area contributed by atoms with Crippen LogP contribution in [0.5, 0.6) is 0 Å². The van der Waals surface area contributed by atoms with E-state index in [1.807, 2.05) is 19.1 Å². The van der Waals surface area contributed by atoms with Crippen LogP contribution in [0.15, 0.2) is 36.4 Å². The third-order valence-corrected chi connectivity index (χ3v) is 4.07. The van der Waals surface area contributed by atoms with E-state index in [0.717, 1.165) is 42.2 Å². The van der Waals surface area contributed by atoms with E-state index in [-0.39, 0.29) is 11.3 Å². The van der Waals surface area contributed by atoms with E-state index in [0.29, 0.717) is 11.6 Å². The zero-order valence-corrected chi connectivity index (χ0v) is 12.9. The van der Waals surface area contributed by atoms with Crippen molar-refractivity contribution in [3.05, 3.63) is 58.7 Å². The Morgan fingerprint density at radius 1 is 1.12 bits per heavy atom. The van der Waals surface area contributed by atoms with E-state index < -0.39 is 17.7 Å². The molecule has 0 saturated heterocycles. The first-order valence-corrected chi connectivity index (χ1v) is 7.58. The fraction of sp³-hybridized carbons (Fsp3) is 0.278. The molecule has 2 aromatic rings. The van der Waals surface area contributed by atoms with E-state index in [2.05, 4.69) is 5.32 Å². The second-order valence-corrected chi connectivity index (χ2v) is 6.05. The number of carboxylic acid groups (broad SMARTS) is 1. The minimum Gasteiger partial charge on any atom is -0.478 e. The Hall–Kier alpha value is -2.50. The SMILES string of the molecule is Cc1ccc(Nc2cc(C(F)(F)F)ccc2C(=O)O)c(C2CC2)c1. The van der Waals surface area contributed by atoms with Gasteiger partial charge in [-0.1, -0.05) is 17.7 Å². The molecule has 1 aliphatic carbocycles. The molecule has 2 aromatic carbocycles. The van der Waals surface area contributed by atoms with E-state index in [1.165, 1.54) is 0 Å². The number of rotatable bonds is 4. The Labute approximate surface area is 137 Å². The van der Waals surface area contributed by atoms with Crippen molar-refractivity contribution >= 4 is 17.3 Å². The molecule has 3 rings (SSSR count). The molecule has 126 valence electrons. The number of hydrogen-bond donors (Lipinski definition) is 2. The molecule has 0 aliphatic heterocycles. The lowest BCUT2D eigenvalue weighted by Crippen LogP contribution is -2.09. The second kappa shape index (κ2) is 5.85. The number of aromatic carboxylic acids is 1. The molecule has 1 fully saturated rings. The lowest BCUT2D eigenvalue weighted by molar-refractivity contribution is -0.137. The highest BCUT2D eigenvalue weighted by Crippen LogP contribution is 2.44. The van der Waals surface area contributed by atoms with Crippen molar-refractivity contribution in [2.45, 2.75) is 31.9 Å². The van der Waals surface area contributed by atoms with Crippen molar-refractivity contribution in [3.8, 4) is 0 Å². The average Bonchev–Trinajstić information content (AvgIpc) is 3.32. The molecule has 0 aromatic heterocycles. The average molecular weight is 335 g/mol. The standard InChI is InChI=1S/C18H16F3NO2/c1-10-2-7-15(14(8-10)11-3-4-11)22-16-9-12(18(19,20)21)5-6-13(16)17(23)24/h2,5-9,11,22H,3-4H2,1H3,(H,23,24). The number of alkyl halides is 3.